The normalized spacial score (nSPS) is 14.9. The molecule has 0 spiro atoms. The van der Waals surface area contributed by atoms with E-state index in [1.165, 1.54) is 0 Å². The molecule has 0 bridgehead atoms. The lowest BCUT2D eigenvalue weighted by Crippen LogP contribution is -2.31. The van der Waals surface area contributed by atoms with Gasteiger partial charge in [-0.3, -0.25) is 9.59 Å². The Labute approximate surface area is 328 Å². The Bertz CT molecular complexity index is 2340. The number of hydrogen-bond donors (Lipinski definition) is 0. The lowest BCUT2D eigenvalue weighted by molar-refractivity contribution is 0.158. The summed E-state index contributed by atoms with van der Waals surface area (Å²) in [6, 6.07) is 39.0. The Balaban J connectivity index is 0.000000167. The second-order valence-electron chi connectivity index (χ2n) is 14.5. The van der Waals surface area contributed by atoms with Crippen LogP contribution in [0.15, 0.2) is 160 Å². The van der Waals surface area contributed by atoms with E-state index in [0.717, 1.165) is 49.4 Å². The highest BCUT2D eigenvalue weighted by Gasteiger charge is 2.30. The number of hydrogen-bond acceptors (Lipinski definition) is 4. The number of benzene rings is 4. The molecule has 0 atom stereocenters. The first-order valence-electron chi connectivity index (χ1n) is 17.8. The van der Waals surface area contributed by atoms with Crippen LogP contribution in [0.25, 0.3) is 11.1 Å². The van der Waals surface area contributed by atoms with E-state index in [1.807, 2.05) is 168 Å². The molecule has 2 aliphatic heterocycles. The van der Waals surface area contributed by atoms with Crippen LogP contribution >= 0.6 is 27.5 Å². The van der Waals surface area contributed by atoms with Crippen LogP contribution in [0, 0.1) is 0 Å². The zero-order valence-corrected chi connectivity index (χ0v) is 32.9. The van der Waals surface area contributed by atoms with E-state index in [1.54, 1.807) is 15.2 Å². The molecule has 0 unspecified atom stereocenters. The summed E-state index contributed by atoms with van der Waals surface area (Å²) in [5, 5.41) is 0.614. The van der Waals surface area contributed by atoms with Crippen molar-refractivity contribution in [2.24, 2.45) is 0 Å². The van der Waals surface area contributed by atoms with Gasteiger partial charge in [-0.1, -0.05) is 88.2 Å². The molecule has 0 aliphatic carbocycles. The molecule has 0 saturated carbocycles. The number of halogens is 2. The summed E-state index contributed by atoms with van der Waals surface area (Å²) in [6.45, 7) is 9.05. The summed E-state index contributed by atoms with van der Waals surface area (Å²) in [5.74, 6) is 1.53. The molecule has 6 aromatic rings. The standard InChI is InChI=1S/C23H20BrNO2.C23H20ClNO2/c2*1-23(2)14-20(19-13-17(24)10-11-21(19)27-23)18-9-6-12-25(22(18)26)15-16-7-4-3-5-8-16/h2*3-14H,15H2,1-2H3. The van der Waals surface area contributed by atoms with Gasteiger partial charge in [-0.05, 0) is 123 Å². The Morgan fingerprint density at radius 1 is 0.556 bits per heavy atom. The molecule has 2 aromatic heterocycles. The molecule has 6 nitrogen and oxygen atoms in total. The molecule has 8 rings (SSSR count). The molecular formula is C46H40BrClN2O4. The van der Waals surface area contributed by atoms with Crippen molar-refractivity contribution in [3.05, 3.63) is 209 Å². The minimum Gasteiger partial charge on any atom is -0.483 e. The highest BCUT2D eigenvalue weighted by Crippen LogP contribution is 2.41. The van der Waals surface area contributed by atoms with Crippen molar-refractivity contribution in [1.29, 1.82) is 0 Å². The Kier molecular flexibility index (Phi) is 10.4. The molecule has 8 heteroatoms. The van der Waals surface area contributed by atoms with Gasteiger partial charge < -0.3 is 18.6 Å². The van der Waals surface area contributed by atoms with E-state index < -0.39 is 11.2 Å². The number of rotatable bonds is 6. The third kappa shape index (κ3) is 8.23. The Morgan fingerprint density at radius 2 is 1.00 bits per heavy atom. The highest BCUT2D eigenvalue weighted by atomic mass is 79.9. The molecule has 0 amide bonds. The van der Waals surface area contributed by atoms with Crippen molar-refractivity contribution >= 4 is 38.7 Å². The van der Waals surface area contributed by atoms with Crippen LogP contribution in [0.5, 0.6) is 11.5 Å². The van der Waals surface area contributed by atoms with Crippen LogP contribution in [0.2, 0.25) is 5.02 Å². The summed E-state index contributed by atoms with van der Waals surface area (Å²) < 4.78 is 16.6. The van der Waals surface area contributed by atoms with Crippen LogP contribution in [0.4, 0.5) is 0 Å². The average molecular weight is 800 g/mol. The topological polar surface area (TPSA) is 62.5 Å². The van der Waals surface area contributed by atoms with Crippen molar-refractivity contribution in [1.82, 2.24) is 9.13 Å². The van der Waals surface area contributed by atoms with E-state index >= 15 is 0 Å². The summed E-state index contributed by atoms with van der Waals surface area (Å²) in [5.41, 5.74) is 6.03. The van der Waals surface area contributed by atoms with Gasteiger partial charge >= 0.3 is 0 Å². The van der Waals surface area contributed by atoms with E-state index in [-0.39, 0.29) is 11.1 Å². The molecule has 0 fully saturated rings. The van der Waals surface area contributed by atoms with Gasteiger partial charge in [-0.2, -0.15) is 0 Å². The van der Waals surface area contributed by atoms with Gasteiger partial charge in [0, 0.05) is 44.1 Å². The predicted octanol–water partition coefficient (Wildman–Crippen LogP) is 10.4. The summed E-state index contributed by atoms with van der Waals surface area (Å²) in [6.07, 6.45) is 7.69. The van der Waals surface area contributed by atoms with Crippen molar-refractivity contribution in [2.45, 2.75) is 52.0 Å². The molecule has 272 valence electrons. The Hall–Kier alpha value is -5.37. The third-order valence-corrected chi connectivity index (χ3v) is 9.93. The van der Waals surface area contributed by atoms with Crippen molar-refractivity contribution in [2.75, 3.05) is 0 Å². The number of aromatic nitrogens is 2. The maximum absolute atomic E-state index is 13.2. The van der Waals surface area contributed by atoms with Crippen LogP contribution in [0.1, 0.15) is 61.1 Å². The molecule has 54 heavy (non-hydrogen) atoms. The number of fused-ring (bicyclic) bond motifs is 2. The lowest BCUT2D eigenvalue weighted by atomic mass is 9.90. The first kappa shape index (κ1) is 37.0. The molecule has 0 saturated heterocycles. The first-order chi connectivity index (χ1) is 25.9. The van der Waals surface area contributed by atoms with Gasteiger partial charge in [0.05, 0.1) is 13.1 Å². The van der Waals surface area contributed by atoms with Gasteiger partial charge in [0.1, 0.15) is 22.7 Å². The fraction of sp³-hybridized carbons (Fsp3) is 0.174. The predicted molar refractivity (Wildman–Crippen MR) is 222 cm³/mol. The summed E-state index contributed by atoms with van der Waals surface area (Å²) in [4.78, 5) is 26.5. The zero-order valence-electron chi connectivity index (χ0n) is 30.6. The van der Waals surface area contributed by atoms with Gasteiger partial charge in [0.15, 0.2) is 0 Å². The SMILES string of the molecule is CC1(C)C=C(c2cccn(Cc3ccccc3)c2=O)c2cc(Br)ccc2O1.CC1(C)C=C(c2cccn(Cc3ccccc3)c2=O)c2cc(Cl)ccc2O1. The fourth-order valence-corrected chi connectivity index (χ4v) is 7.35. The quantitative estimate of drug-likeness (QED) is 0.168. The first-order valence-corrected chi connectivity index (χ1v) is 18.9. The van der Waals surface area contributed by atoms with Crippen molar-refractivity contribution < 1.29 is 9.47 Å². The molecular weight excluding hydrogens is 760 g/mol. The van der Waals surface area contributed by atoms with Gasteiger partial charge in [0.25, 0.3) is 11.1 Å². The van der Waals surface area contributed by atoms with Crippen LogP contribution in [0.3, 0.4) is 0 Å². The monoisotopic (exact) mass is 798 g/mol. The van der Waals surface area contributed by atoms with Gasteiger partial charge in [-0.25, -0.2) is 0 Å². The smallest absolute Gasteiger partial charge is 0.258 e. The third-order valence-electron chi connectivity index (χ3n) is 9.21. The van der Waals surface area contributed by atoms with Crippen LogP contribution < -0.4 is 20.6 Å². The van der Waals surface area contributed by atoms with E-state index in [0.29, 0.717) is 29.2 Å². The summed E-state index contributed by atoms with van der Waals surface area (Å²) in [7, 11) is 0. The summed E-state index contributed by atoms with van der Waals surface area (Å²) >= 11 is 9.74. The van der Waals surface area contributed by atoms with E-state index in [2.05, 4.69) is 15.9 Å². The van der Waals surface area contributed by atoms with E-state index in [9.17, 15) is 9.59 Å². The highest BCUT2D eigenvalue weighted by molar-refractivity contribution is 9.10. The van der Waals surface area contributed by atoms with Gasteiger partial charge in [0.2, 0.25) is 0 Å². The molecule has 4 heterocycles. The average Bonchev–Trinajstić information content (AvgIpc) is 3.14. The molecule has 2 aliphatic rings. The fourth-order valence-electron chi connectivity index (χ4n) is 6.82. The van der Waals surface area contributed by atoms with Gasteiger partial charge in [-0.15, -0.1) is 0 Å². The minimum absolute atomic E-state index is 0.00349. The van der Waals surface area contributed by atoms with Crippen LogP contribution in [-0.4, -0.2) is 20.3 Å². The second kappa shape index (κ2) is 15.2. The minimum atomic E-state index is -0.511. The second-order valence-corrected chi connectivity index (χ2v) is 15.8. The maximum atomic E-state index is 13.2. The Morgan fingerprint density at radius 3 is 1.48 bits per heavy atom. The zero-order chi connectivity index (χ0) is 38.0. The molecule has 0 radical (unpaired) electrons. The lowest BCUT2D eigenvalue weighted by Gasteiger charge is -2.31. The molecule has 4 aromatic carbocycles. The largest absolute Gasteiger partial charge is 0.483 e. The van der Waals surface area contributed by atoms with Crippen LogP contribution in [-0.2, 0) is 13.1 Å². The number of pyridine rings is 2. The number of ether oxygens (including phenoxy) is 2. The molecule has 0 N–H and O–H groups in total. The van der Waals surface area contributed by atoms with Crippen molar-refractivity contribution in [3.63, 3.8) is 0 Å². The number of nitrogens with zero attached hydrogens (tertiary/aromatic N) is 2. The van der Waals surface area contributed by atoms with Crippen molar-refractivity contribution in [3.8, 4) is 11.5 Å². The maximum Gasteiger partial charge on any atom is 0.258 e. The van der Waals surface area contributed by atoms with E-state index in [4.69, 9.17) is 21.1 Å².